The van der Waals surface area contributed by atoms with Gasteiger partial charge in [0.05, 0.1) is 4.47 Å². The molecule has 0 saturated heterocycles. The highest BCUT2D eigenvalue weighted by molar-refractivity contribution is 9.10. The summed E-state index contributed by atoms with van der Waals surface area (Å²) in [4.78, 5) is 0. The van der Waals surface area contributed by atoms with Gasteiger partial charge in [0.2, 0.25) is 0 Å². The molecule has 0 aromatic heterocycles. The number of rotatable bonds is 4. The summed E-state index contributed by atoms with van der Waals surface area (Å²) < 4.78 is 28.1. The molecule has 0 aliphatic rings. The highest BCUT2D eigenvalue weighted by atomic mass is 79.9. The van der Waals surface area contributed by atoms with Crippen LogP contribution in [0.3, 0.4) is 0 Å². The number of likely N-dealkylation sites (N-methyl/N-ethyl adjacent to an activating group) is 1. The van der Waals surface area contributed by atoms with Crippen molar-refractivity contribution in [3.63, 3.8) is 0 Å². The number of halogens is 4. The SMILES string of the molecule is CNC(Cc1cc(F)cc(Br)c1)c1cccc(F)c1Br. The highest BCUT2D eigenvalue weighted by Gasteiger charge is 2.16. The Labute approximate surface area is 133 Å². The van der Waals surface area contributed by atoms with E-state index in [9.17, 15) is 8.78 Å². The van der Waals surface area contributed by atoms with Gasteiger partial charge < -0.3 is 5.32 Å². The van der Waals surface area contributed by atoms with E-state index in [4.69, 9.17) is 0 Å². The Balaban J connectivity index is 2.31. The first-order valence-electron chi connectivity index (χ1n) is 6.07. The van der Waals surface area contributed by atoms with Crippen molar-refractivity contribution in [2.75, 3.05) is 7.05 Å². The van der Waals surface area contributed by atoms with Crippen LogP contribution in [0.4, 0.5) is 8.78 Å². The molecule has 0 saturated carbocycles. The van der Waals surface area contributed by atoms with Crippen molar-refractivity contribution in [1.29, 1.82) is 0 Å². The van der Waals surface area contributed by atoms with Crippen molar-refractivity contribution in [2.45, 2.75) is 12.5 Å². The third-order valence-corrected chi connectivity index (χ3v) is 4.36. The van der Waals surface area contributed by atoms with Crippen molar-refractivity contribution >= 4 is 31.9 Å². The molecule has 0 amide bonds. The largest absolute Gasteiger partial charge is 0.313 e. The van der Waals surface area contributed by atoms with Crippen LogP contribution in [0.25, 0.3) is 0 Å². The molecular weight excluding hydrogens is 392 g/mol. The molecule has 0 spiro atoms. The second kappa shape index (κ2) is 6.78. The summed E-state index contributed by atoms with van der Waals surface area (Å²) in [6, 6.07) is 9.58. The van der Waals surface area contributed by atoms with E-state index >= 15 is 0 Å². The lowest BCUT2D eigenvalue weighted by molar-refractivity contribution is 0.567. The average Bonchev–Trinajstić information content (AvgIpc) is 2.38. The fraction of sp³-hybridized carbons (Fsp3) is 0.200. The number of nitrogens with one attached hydrogen (secondary N) is 1. The van der Waals surface area contributed by atoms with Crippen LogP contribution in [0.1, 0.15) is 17.2 Å². The summed E-state index contributed by atoms with van der Waals surface area (Å²) in [5, 5.41) is 3.14. The van der Waals surface area contributed by atoms with Crippen LogP contribution in [-0.4, -0.2) is 7.05 Å². The Hall–Kier alpha value is -0.780. The van der Waals surface area contributed by atoms with Gasteiger partial charge in [0, 0.05) is 10.5 Å². The van der Waals surface area contributed by atoms with Crippen LogP contribution in [-0.2, 0) is 6.42 Å². The maximum Gasteiger partial charge on any atom is 0.137 e. The first-order valence-corrected chi connectivity index (χ1v) is 7.66. The maximum atomic E-state index is 13.6. The second-order valence-electron chi connectivity index (χ2n) is 4.47. The lowest BCUT2D eigenvalue weighted by Gasteiger charge is -2.19. The molecule has 1 unspecified atom stereocenters. The molecule has 2 aromatic carbocycles. The molecule has 5 heteroatoms. The minimum atomic E-state index is -0.303. The monoisotopic (exact) mass is 403 g/mol. The van der Waals surface area contributed by atoms with Crippen molar-refractivity contribution < 1.29 is 8.78 Å². The molecule has 0 radical (unpaired) electrons. The summed E-state index contributed by atoms with van der Waals surface area (Å²) in [5.41, 5.74) is 1.65. The van der Waals surface area contributed by atoms with Gasteiger partial charge in [-0.05, 0) is 64.8 Å². The molecular formula is C15H13Br2F2N. The lowest BCUT2D eigenvalue weighted by atomic mass is 9.99. The van der Waals surface area contributed by atoms with Gasteiger partial charge in [-0.15, -0.1) is 0 Å². The fourth-order valence-electron chi connectivity index (χ4n) is 2.12. The van der Waals surface area contributed by atoms with Crippen molar-refractivity contribution in [2.24, 2.45) is 0 Å². The maximum absolute atomic E-state index is 13.6. The minimum absolute atomic E-state index is 0.103. The Morgan fingerprint density at radius 1 is 1.15 bits per heavy atom. The molecule has 20 heavy (non-hydrogen) atoms. The zero-order chi connectivity index (χ0) is 14.7. The second-order valence-corrected chi connectivity index (χ2v) is 6.17. The van der Waals surface area contributed by atoms with Crippen molar-refractivity contribution in [3.05, 3.63) is 68.1 Å². The standard InChI is InChI=1S/C15H13Br2F2N/c1-20-14(12-3-2-4-13(19)15(12)17)7-9-5-10(16)8-11(18)6-9/h2-6,8,14,20H,7H2,1H3. The summed E-state index contributed by atoms with van der Waals surface area (Å²) in [6.07, 6.45) is 0.564. The van der Waals surface area contributed by atoms with Gasteiger partial charge in [-0.25, -0.2) is 8.78 Å². The predicted molar refractivity (Wildman–Crippen MR) is 83.7 cm³/mol. The van der Waals surface area contributed by atoms with E-state index < -0.39 is 0 Å². The molecule has 0 heterocycles. The Kier molecular flexibility index (Phi) is 5.29. The number of hydrogen-bond acceptors (Lipinski definition) is 1. The topological polar surface area (TPSA) is 12.0 Å². The Bertz CT molecular complexity index is 597. The molecule has 0 aliphatic carbocycles. The van der Waals surface area contributed by atoms with Gasteiger partial charge in [-0.3, -0.25) is 0 Å². The summed E-state index contributed by atoms with van der Waals surface area (Å²) in [6.45, 7) is 0. The first-order chi connectivity index (χ1) is 9.51. The van der Waals surface area contributed by atoms with Crippen LogP contribution in [0.15, 0.2) is 45.3 Å². The van der Waals surface area contributed by atoms with E-state index in [1.807, 2.05) is 12.1 Å². The first kappa shape index (κ1) is 15.6. The normalized spacial score (nSPS) is 12.4. The van der Waals surface area contributed by atoms with E-state index in [-0.39, 0.29) is 17.7 Å². The zero-order valence-corrected chi connectivity index (χ0v) is 13.9. The molecule has 1 N–H and O–H groups in total. The third-order valence-electron chi connectivity index (χ3n) is 3.07. The van der Waals surface area contributed by atoms with E-state index in [0.717, 1.165) is 11.1 Å². The van der Waals surface area contributed by atoms with Crippen LogP contribution in [0.5, 0.6) is 0 Å². The Morgan fingerprint density at radius 3 is 2.55 bits per heavy atom. The van der Waals surface area contributed by atoms with Gasteiger partial charge in [0.1, 0.15) is 11.6 Å². The van der Waals surface area contributed by atoms with Crippen molar-refractivity contribution in [3.8, 4) is 0 Å². The molecule has 1 atom stereocenters. The fourth-order valence-corrected chi connectivity index (χ4v) is 3.18. The zero-order valence-electron chi connectivity index (χ0n) is 10.8. The van der Waals surface area contributed by atoms with E-state index in [1.165, 1.54) is 18.2 Å². The average molecular weight is 405 g/mol. The van der Waals surface area contributed by atoms with Crippen LogP contribution < -0.4 is 5.32 Å². The van der Waals surface area contributed by atoms with E-state index in [0.29, 0.717) is 15.4 Å². The minimum Gasteiger partial charge on any atom is -0.313 e. The molecule has 0 bridgehead atoms. The van der Waals surface area contributed by atoms with E-state index in [1.54, 1.807) is 13.1 Å². The van der Waals surface area contributed by atoms with Gasteiger partial charge in [0.25, 0.3) is 0 Å². The quantitative estimate of drug-likeness (QED) is 0.756. The van der Waals surface area contributed by atoms with Crippen LogP contribution >= 0.6 is 31.9 Å². The van der Waals surface area contributed by atoms with Crippen LogP contribution in [0.2, 0.25) is 0 Å². The Morgan fingerprint density at radius 2 is 1.90 bits per heavy atom. The van der Waals surface area contributed by atoms with Crippen LogP contribution in [0, 0.1) is 11.6 Å². The molecule has 1 nitrogen and oxygen atoms in total. The summed E-state index contributed by atoms with van der Waals surface area (Å²) in [5.74, 6) is -0.592. The third kappa shape index (κ3) is 3.65. The highest BCUT2D eigenvalue weighted by Crippen LogP contribution is 2.29. The number of benzene rings is 2. The summed E-state index contributed by atoms with van der Waals surface area (Å²) >= 11 is 6.54. The predicted octanol–water partition coefficient (Wildman–Crippen LogP) is 4.99. The van der Waals surface area contributed by atoms with Gasteiger partial charge >= 0.3 is 0 Å². The number of hydrogen-bond donors (Lipinski definition) is 1. The lowest BCUT2D eigenvalue weighted by Crippen LogP contribution is -2.19. The molecule has 0 aliphatic heterocycles. The van der Waals surface area contributed by atoms with Crippen molar-refractivity contribution in [1.82, 2.24) is 5.32 Å². The van der Waals surface area contributed by atoms with Gasteiger partial charge in [-0.1, -0.05) is 28.1 Å². The van der Waals surface area contributed by atoms with Gasteiger partial charge in [0.15, 0.2) is 0 Å². The van der Waals surface area contributed by atoms with Gasteiger partial charge in [-0.2, -0.15) is 0 Å². The smallest absolute Gasteiger partial charge is 0.137 e. The van der Waals surface area contributed by atoms with E-state index in [2.05, 4.69) is 37.2 Å². The summed E-state index contributed by atoms with van der Waals surface area (Å²) in [7, 11) is 1.80. The molecule has 2 rings (SSSR count). The molecule has 2 aromatic rings. The molecule has 0 fully saturated rings. The molecule has 106 valence electrons.